The summed E-state index contributed by atoms with van der Waals surface area (Å²) < 4.78 is 5.58. The van der Waals surface area contributed by atoms with Crippen LogP contribution < -0.4 is 4.74 Å². The quantitative estimate of drug-likeness (QED) is 0.915. The number of aromatic carboxylic acids is 1. The zero-order valence-electron chi connectivity index (χ0n) is 11.8. The lowest BCUT2D eigenvalue weighted by molar-refractivity contribution is -0.136. The van der Waals surface area contributed by atoms with Crippen LogP contribution >= 0.6 is 0 Å². The van der Waals surface area contributed by atoms with Crippen LogP contribution in [-0.2, 0) is 4.79 Å². The van der Waals surface area contributed by atoms with Gasteiger partial charge in [0.2, 0.25) is 0 Å². The van der Waals surface area contributed by atoms with Gasteiger partial charge < -0.3 is 14.7 Å². The number of benzene rings is 1. The minimum Gasteiger partial charge on any atom is -0.481 e. The maximum atomic E-state index is 12.1. The molecule has 1 amide bonds. The van der Waals surface area contributed by atoms with E-state index in [1.165, 1.54) is 6.07 Å². The lowest BCUT2D eigenvalue weighted by Gasteiger charge is -2.21. The normalized spacial score (nSPS) is 16.0. The number of likely N-dealkylation sites (tertiary alicyclic amines) is 1. The minimum atomic E-state index is -0.994. The highest BCUT2D eigenvalue weighted by atomic mass is 16.5. The van der Waals surface area contributed by atoms with Crippen molar-refractivity contribution in [1.29, 1.82) is 0 Å². The largest absolute Gasteiger partial charge is 0.481 e. The molecule has 0 saturated carbocycles. The van der Waals surface area contributed by atoms with Gasteiger partial charge in [-0.15, -0.1) is 0 Å². The van der Waals surface area contributed by atoms with Gasteiger partial charge in [0.05, 0.1) is 5.56 Å². The molecule has 0 radical (unpaired) electrons. The molecule has 0 bridgehead atoms. The van der Waals surface area contributed by atoms with Crippen LogP contribution in [0.1, 0.15) is 35.7 Å². The third-order valence-corrected chi connectivity index (χ3v) is 3.52. The summed E-state index contributed by atoms with van der Waals surface area (Å²) in [6.07, 6.45) is 1.47. The molecule has 1 atom stereocenters. The smallest absolute Gasteiger partial charge is 0.336 e. The predicted molar refractivity (Wildman–Crippen MR) is 74.0 cm³/mol. The number of amides is 1. The molecule has 0 aliphatic carbocycles. The second kappa shape index (κ2) is 5.94. The highest BCUT2D eigenvalue weighted by Crippen LogP contribution is 2.20. The molecule has 1 unspecified atom stereocenters. The fraction of sp³-hybridized carbons (Fsp3) is 0.467. The van der Waals surface area contributed by atoms with E-state index in [1.807, 2.05) is 0 Å². The first-order chi connectivity index (χ1) is 9.49. The number of rotatable bonds is 4. The summed E-state index contributed by atoms with van der Waals surface area (Å²) in [6, 6.07) is 4.84. The van der Waals surface area contributed by atoms with Gasteiger partial charge in [-0.3, -0.25) is 4.79 Å². The van der Waals surface area contributed by atoms with Crippen molar-refractivity contribution in [2.75, 3.05) is 13.1 Å². The van der Waals surface area contributed by atoms with E-state index in [9.17, 15) is 9.59 Å². The molecule has 1 aliphatic rings. The van der Waals surface area contributed by atoms with Crippen molar-refractivity contribution in [3.63, 3.8) is 0 Å². The number of aryl methyl sites for hydroxylation is 1. The predicted octanol–water partition coefficient (Wildman–Crippen LogP) is 2.08. The van der Waals surface area contributed by atoms with Gasteiger partial charge >= 0.3 is 5.97 Å². The molecule has 5 heteroatoms. The first-order valence-corrected chi connectivity index (χ1v) is 6.78. The van der Waals surface area contributed by atoms with Crippen LogP contribution in [0.15, 0.2) is 18.2 Å². The van der Waals surface area contributed by atoms with E-state index >= 15 is 0 Å². The maximum Gasteiger partial charge on any atom is 0.336 e. The molecule has 0 spiro atoms. The fourth-order valence-electron chi connectivity index (χ4n) is 2.35. The molecule has 108 valence electrons. The van der Waals surface area contributed by atoms with E-state index in [2.05, 4.69) is 0 Å². The number of hydrogen-bond donors (Lipinski definition) is 1. The Morgan fingerprint density at radius 3 is 2.55 bits per heavy atom. The highest BCUT2D eigenvalue weighted by Gasteiger charge is 2.24. The van der Waals surface area contributed by atoms with Crippen LogP contribution in [0.5, 0.6) is 5.75 Å². The van der Waals surface area contributed by atoms with E-state index in [0.717, 1.165) is 25.9 Å². The molecule has 2 rings (SSSR count). The standard InChI is InChI=1S/C15H19NO4/c1-10-5-6-12(9-13(10)15(18)19)20-11(2)14(17)16-7-3-4-8-16/h5-6,9,11H,3-4,7-8H2,1-2H3,(H,18,19). The minimum absolute atomic E-state index is 0.0417. The summed E-state index contributed by atoms with van der Waals surface area (Å²) in [5.41, 5.74) is 0.867. The van der Waals surface area contributed by atoms with Crippen LogP contribution in [0.4, 0.5) is 0 Å². The van der Waals surface area contributed by atoms with E-state index in [-0.39, 0.29) is 11.5 Å². The zero-order chi connectivity index (χ0) is 14.7. The molecule has 1 heterocycles. The van der Waals surface area contributed by atoms with Crippen molar-refractivity contribution >= 4 is 11.9 Å². The van der Waals surface area contributed by atoms with Gasteiger partial charge in [-0.2, -0.15) is 0 Å². The summed E-state index contributed by atoms with van der Waals surface area (Å²) in [5, 5.41) is 9.08. The number of carboxylic acid groups (broad SMARTS) is 1. The molecule has 0 aromatic heterocycles. The Kier molecular flexibility index (Phi) is 4.27. The van der Waals surface area contributed by atoms with Crippen molar-refractivity contribution in [2.24, 2.45) is 0 Å². The van der Waals surface area contributed by atoms with Crippen molar-refractivity contribution in [2.45, 2.75) is 32.8 Å². The number of carbonyl (C=O) groups is 2. The second-order valence-corrected chi connectivity index (χ2v) is 5.07. The van der Waals surface area contributed by atoms with Gasteiger partial charge in [-0.1, -0.05) is 6.07 Å². The zero-order valence-corrected chi connectivity index (χ0v) is 11.8. The van der Waals surface area contributed by atoms with Crippen molar-refractivity contribution in [3.05, 3.63) is 29.3 Å². The molecule has 5 nitrogen and oxygen atoms in total. The maximum absolute atomic E-state index is 12.1. The lowest BCUT2D eigenvalue weighted by atomic mass is 10.1. The van der Waals surface area contributed by atoms with Gasteiger partial charge in [0, 0.05) is 13.1 Å². The van der Waals surface area contributed by atoms with Gasteiger partial charge in [-0.05, 0) is 44.4 Å². The van der Waals surface area contributed by atoms with E-state index in [1.54, 1.807) is 30.9 Å². The SMILES string of the molecule is Cc1ccc(OC(C)C(=O)N2CCCC2)cc1C(=O)O. The topological polar surface area (TPSA) is 66.8 Å². The molecule has 1 saturated heterocycles. The first-order valence-electron chi connectivity index (χ1n) is 6.78. The average molecular weight is 277 g/mol. The van der Waals surface area contributed by atoms with Crippen molar-refractivity contribution in [3.8, 4) is 5.75 Å². The molecule has 1 aromatic carbocycles. The van der Waals surface area contributed by atoms with E-state index in [4.69, 9.17) is 9.84 Å². The summed E-state index contributed by atoms with van der Waals surface area (Å²) in [5.74, 6) is -0.625. The van der Waals surface area contributed by atoms with Gasteiger partial charge in [0.1, 0.15) is 5.75 Å². The Hall–Kier alpha value is -2.04. The van der Waals surface area contributed by atoms with Crippen molar-refractivity contribution in [1.82, 2.24) is 4.90 Å². The molecule has 20 heavy (non-hydrogen) atoms. The average Bonchev–Trinajstić information content (AvgIpc) is 2.93. The Balaban J connectivity index is 2.07. The lowest BCUT2D eigenvalue weighted by Crippen LogP contribution is -2.38. The highest BCUT2D eigenvalue weighted by molar-refractivity contribution is 5.89. The van der Waals surface area contributed by atoms with Crippen LogP contribution in [-0.4, -0.2) is 41.1 Å². The summed E-state index contributed by atoms with van der Waals surface area (Å²) in [7, 11) is 0. The fourth-order valence-corrected chi connectivity index (χ4v) is 2.35. The third kappa shape index (κ3) is 3.10. The van der Waals surface area contributed by atoms with Gasteiger partial charge in [0.25, 0.3) is 5.91 Å². The van der Waals surface area contributed by atoms with Crippen LogP contribution in [0.2, 0.25) is 0 Å². The van der Waals surface area contributed by atoms with E-state index in [0.29, 0.717) is 11.3 Å². The molecule has 1 N–H and O–H groups in total. The van der Waals surface area contributed by atoms with Gasteiger partial charge in [0.15, 0.2) is 6.10 Å². The molecular formula is C15H19NO4. The number of hydrogen-bond acceptors (Lipinski definition) is 3. The first kappa shape index (κ1) is 14.4. The Bertz CT molecular complexity index is 521. The molecule has 1 aromatic rings. The van der Waals surface area contributed by atoms with Crippen LogP contribution in [0, 0.1) is 6.92 Å². The number of ether oxygens (including phenoxy) is 1. The number of carboxylic acids is 1. The molecule has 1 aliphatic heterocycles. The van der Waals surface area contributed by atoms with Gasteiger partial charge in [-0.25, -0.2) is 4.79 Å². The third-order valence-electron chi connectivity index (χ3n) is 3.52. The Labute approximate surface area is 118 Å². The van der Waals surface area contributed by atoms with Crippen LogP contribution in [0.3, 0.4) is 0 Å². The van der Waals surface area contributed by atoms with Crippen LogP contribution in [0.25, 0.3) is 0 Å². The Morgan fingerprint density at radius 1 is 1.30 bits per heavy atom. The Morgan fingerprint density at radius 2 is 1.95 bits per heavy atom. The number of nitrogens with zero attached hydrogens (tertiary/aromatic N) is 1. The van der Waals surface area contributed by atoms with Crippen molar-refractivity contribution < 1.29 is 19.4 Å². The summed E-state index contributed by atoms with van der Waals surface area (Å²) in [6.45, 7) is 4.98. The second-order valence-electron chi connectivity index (χ2n) is 5.07. The molecular weight excluding hydrogens is 258 g/mol. The monoisotopic (exact) mass is 277 g/mol. The van der Waals surface area contributed by atoms with E-state index < -0.39 is 12.1 Å². The summed E-state index contributed by atoms with van der Waals surface area (Å²) in [4.78, 5) is 25.0. The molecule has 1 fully saturated rings. The summed E-state index contributed by atoms with van der Waals surface area (Å²) >= 11 is 0. The number of carbonyl (C=O) groups excluding carboxylic acids is 1.